The second-order valence-electron chi connectivity index (χ2n) is 20.7. The van der Waals surface area contributed by atoms with Crippen molar-refractivity contribution in [3.05, 3.63) is 119 Å². The van der Waals surface area contributed by atoms with Crippen LogP contribution in [0.5, 0.6) is 23.0 Å². The van der Waals surface area contributed by atoms with Crippen LogP contribution in [0.25, 0.3) is 0 Å². The van der Waals surface area contributed by atoms with Gasteiger partial charge in [-0.1, -0.05) is 97.0 Å². The number of aromatic hydroxyl groups is 2. The maximum atomic E-state index is 11.5. The molecule has 5 rings (SSSR count). The van der Waals surface area contributed by atoms with Gasteiger partial charge in [0.1, 0.15) is 28.6 Å². The first-order valence-corrected chi connectivity index (χ1v) is 26.8. The van der Waals surface area contributed by atoms with Crippen molar-refractivity contribution in [3.8, 4) is 23.0 Å². The molecule has 1 aliphatic carbocycles. The lowest BCUT2D eigenvalue weighted by Crippen LogP contribution is -2.25. The van der Waals surface area contributed by atoms with Gasteiger partial charge < -0.3 is 43.7 Å². The van der Waals surface area contributed by atoms with Gasteiger partial charge in [0.15, 0.2) is 6.29 Å². The number of phenols is 2. The van der Waals surface area contributed by atoms with E-state index in [4.69, 9.17) is 43.7 Å². The number of phenolic OH excluding ortho intramolecular Hbond substituents is 2. The average molecular weight is 1000 g/mol. The van der Waals surface area contributed by atoms with Gasteiger partial charge in [-0.25, -0.2) is 4.79 Å². The number of ether oxygens (including phenoxy) is 6. The zero-order valence-corrected chi connectivity index (χ0v) is 47.4. The summed E-state index contributed by atoms with van der Waals surface area (Å²) in [7, 11) is 0. The molecule has 0 spiro atoms. The van der Waals surface area contributed by atoms with Crippen LogP contribution < -0.4 is 9.47 Å². The quantitative estimate of drug-likeness (QED) is 0.0474. The number of aliphatic hydroxyl groups is 1. The third-order valence-corrected chi connectivity index (χ3v) is 12.5. The molecule has 10 heteroatoms. The summed E-state index contributed by atoms with van der Waals surface area (Å²) in [5, 5.41) is 26.8. The van der Waals surface area contributed by atoms with Crippen LogP contribution in [0.1, 0.15) is 202 Å². The van der Waals surface area contributed by atoms with E-state index in [1.807, 2.05) is 69.3 Å². The number of benzene rings is 4. The molecule has 5 atom stereocenters. The van der Waals surface area contributed by atoms with E-state index in [1.165, 1.54) is 42.4 Å². The number of carbonyl (C=O) groups excluding carboxylic acids is 1. The molecule has 0 heterocycles. The fourth-order valence-corrected chi connectivity index (χ4v) is 7.21. The molecule has 1 aliphatic rings. The molecule has 1 saturated carbocycles. The van der Waals surface area contributed by atoms with Crippen LogP contribution in [-0.4, -0.2) is 72.0 Å². The van der Waals surface area contributed by atoms with Crippen LogP contribution in [0.4, 0.5) is 4.79 Å². The highest BCUT2D eigenvalue weighted by Crippen LogP contribution is 2.30. The summed E-state index contributed by atoms with van der Waals surface area (Å²) in [6, 6.07) is 30.1. The van der Waals surface area contributed by atoms with Gasteiger partial charge >= 0.3 is 6.16 Å². The van der Waals surface area contributed by atoms with Gasteiger partial charge in [0, 0.05) is 32.3 Å². The number of carbonyl (C=O) groups is 1. The van der Waals surface area contributed by atoms with Gasteiger partial charge in [-0.15, -0.1) is 0 Å². The summed E-state index contributed by atoms with van der Waals surface area (Å²) in [5.41, 5.74) is 4.41. The molecule has 3 N–H and O–H groups in total. The largest absolute Gasteiger partial charge is 0.514 e. The molecule has 4 aromatic carbocycles. The first-order valence-electron chi connectivity index (χ1n) is 26.8. The molecule has 406 valence electrons. The average Bonchev–Trinajstić information content (AvgIpc) is 3.35. The van der Waals surface area contributed by atoms with Crippen molar-refractivity contribution in [2.75, 3.05) is 26.4 Å². The van der Waals surface area contributed by atoms with Gasteiger partial charge in [-0.05, 0) is 208 Å². The topological polar surface area (TPSA) is 133 Å². The van der Waals surface area contributed by atoms with E-state index in [0.717, 1.165) is 55.6 Å². The Labute approximate surface area is 437 Å². The zero-order valence-electron chi connectivity index (χ0n) is 47.4. The Morgan fingerprint density at radius 3 is 1.15 bits per heavy atom. The van der Waals surface area contributed by atoms with E-state index < -0.39 is 11.8 Å². The summed E-state index contributed by atoms with van der Waals surface area (Å²) in [6.07, 6.45) is 8.57. The van der Waals surface area contributed by atoms with E-state index in [9.17, 15) is 4.79 Å². The van der Waals surface area contributed by atoms with Crippen LogP contribution in [0.15, 0.2) is 97.1 Å². The first-order chi connectivity index (χ1) is 34.0. The molecule has 5 unspecified atom stereocenters. The maximum absolute atomic E-state index is 11.5. The lowest BCUT2D eigenvalue weighted by Gasteiger charge is -2.29. The van der Waals surface area contributed by atoms with Gasteiger partial charge in [0.05, 0.1) is 12.2 Å². The Bertz CT molecular complexity index is 1860. The van der Waals surface area contributed by atoms with Crippen molar-refractivity contribution in [1.29, 1.82) is 0 Å². The van der Waals surface area contributed by atoms with Crippen LogP contribution >= 0.6 is 0 Å². The molecule has 4 aromatic rings. The standard InChI is InChI=1S/C15H22O3.C14H28O2.C14H22O2.C10H14O.C9H12O2/c1-6-11(2)12-7-9-13(10-8-12)17-14(16)18-15(3,4)5;1-11(2)15-9-13-5-7-14(8-6-13)10-16-12(3)4;1-5-11(3)13-7-9-14(10-8-13)16-12(4)15-6-2;1-3-8(2)9-4-6-10(11)7-5-9;1-7(6-10)8-2-4-9(11)5-3-8/h7-11H,6H2,1-5H3;11-14H,5-10H2,1-4H3;7-12H,5-6H2,1-4H3;4-8,11H,3H2,1-2H3;2-5,7,10-11H,6H2,1H3. The highest BCUT2D eigenvalue weighted by atomic mass is 16.7. The van der Waals surface area contributed by atoms with Crippen molar-refractivity contribution < 1.29 is 48.5 Å². The van der Waals surface area contributed by atoms with Crippen LogP contribution in [0, 0.1) is 11.8 Å². The molecule has 72 heavy (non-hydrogen) atoms. The lowest BCUT2D eigenvalue weighted by atomic mass is 9.83. The second-order valence-corrected chi connectivity index (χ2v) is 20.7. The Morgan fingerprint density at radius 2 is 0.847 bits per heavy atom. The fraction of sp³-hybridized carbons (Fsp3) is 0.597. The summed E-state index contributed by atoms with van der Waals surface area (Å²) in [6.45, 7) is 35.5. The van der Waals surface area contributed by atoms with Gasteiger partial charge in [0.25, 0.3) is 0 Å². The predicted molar refractivity (Wildman–Crippen MR) is 297 cm³/mol. The van der Waals surface area contributed by atoms with E-state index in [-0.39, 0.29) is 24.6 Å². The highest BCUT2D eigenvalue weighted by Gasteiger charge is 2.22. The molecule has 0 aromatic heterocycles. The molecule has 1 fully saturated rings. The second kappa shape index (κ2) is 36.3. The zero-order chi connectivity index (χ0) is 54.2. The van der Waals surface area contributed by atoms with Crippen molar-refractivity contribution in [2.45, 2.75) is 203 Å². The summed E-state index contributed by atoms with van der Waals surface area (Å²) < 4.78 is 32.5. The molecular formula is C62H98O10. The summed E-state index contributed by atoms with van der Waals surface area (Å²) in [5.74, 6) is 5.43. The van der Waals surface area contributed by atoms with Gasteiger partial charge in [0.2, 0.25) is 0 Å². The number of aliphatic hydroxyl groups excluding tert-OH is 1. The molecule has 10 nitrogen and oxygen atoms in total. The van der Waals surface area contributed by atoms with Crippen LogP contribution in [-0.2, 0) is 18.9 Å². The van der Waals surface area contributed by atoms with Gasteiger partial charge in [-0.3, -0.25) is 0 Å². The molecule has 0 bridgehead atoms. The molecule has 0 radical (unpaired) electrons. The smallest absolute Gasteiger partial charge is 0.508 e. The SMILES string of the molecule is CC(C)OCC1CCC(COC(C)C)CC1.CC(CO)c1ccc(O)cc1.CCC(C)c1ccc(O)cc1.CCC(C)c1ccc(OC(=O)OC(C)(C)C)cc1.CCOC(C)Oc1ccc(C(C)CC)cc1. The number of rotatable bonds is 19. The lowest BCUT2D eigenvalue weighted by molar-refractivity contribution is -0.0613. The van der Waals surface area contributed by atoms with Crippen molar-refractivity contribution in [1.82, 2.24) is 0 Å². The Hall–Kier alpha value is -4.61. The summed E-state index contributed by atoms with van der Waals surface area (Å²) in [4.78, 5) is 11.5. The van der Waals surface area contributed by atoms with Crippen molar-refractivity contribution >= 4 is 6.16 Å². The van der Waals surface area contributed by atoms with Gasteiger partial charge in [-0.2, -0.15) is 0 Å². The molecule has 0 saturated heterocycles. The predicted octanol–water partition coefficient (Wildman–Crippen LogP) is 16.5. The van der Waals surface area contributed by atoms with E-state index in [2.05, 4.69) is 81.4 Å². The number of hydrogen-bond donors (Lipinski definition) is 3. The van der Waals surface area contributed by atoms with Crippen LogP contribution in [0.2, 0.25) is 0 Å². The van der Waals surface area contributed by atoms with Crippen LogP contribution in [0.3, 0.4) is 0 Å². The minimum absolute atomic E-state index is 0.144. The molecule has 0 amide bonds. The monoisotopic (exact) mass is 1000 g/mol. The molecule has 0 aliphatic heterocycles. The maximum Gasteiger partial charge on any atom is 0.514 e. The van der Waals surface area contributed by atoms with E-state index in [0.29, 0.717) is 48.1 Å². The number of hydrogen-bond acceptors (Lipinski definition) is 10. The fourth-order valence-electron chi connectivity index (χ4n) is 7.21. The minimum Gasteiger partial charge on any atom is -0.508 e. The normalized spacial score (nSPS) is 16.3. The highest BCUT2D eigenvalue weighted by molar-refractivity contribution is 5.64. The van der Waals surface area contributed by atoms with Crippen molar-refractivity contribution in [2.24, 2.45) is 11.8 Å². The molecular weight excluding hydrogens is 905 g/mol. The third kappa shape index (κ3) is 29.8. The Morgan fingerprint density at radius 1 is 0.514 bits per heavy atom. The minimum atomic E-state index is -0.668. The third-order valence-electron chi connectivity index (χ3n) is 12.5. The Balaban J connectivity index is 0.000000456. The van der Waals surface area contributed by atoms with Crippen molar-refractivity contribution in [3.63, 3.8) is 0 Å². The Kier molecular flexibility index (Phi) is 33.0. The van der Waals surface area contributed by atoms with E-state index in [1.54, 1.807) is 57.2 Å². The first kappa shape index (κ1) is 65.4. The summed E-state index contributed by atoms with van der Waals surface area (Å²) >= 11 is 0. The van der Waals surface area contributed by atoms with E-state index >= 15 is 0 Å².